The smallest absolute Gasteiger partial charge is 0.100 e. The van der Waals surface area contributed by atoms with E-state index in [9.17, 15) is 0 Å². The highest BCUT2D eigenvalue weighted by Gasteiger charge is 2.43. The van der Waals surface area contributed by atoms with Crippen molar-refractivity contribution in [1.29, 1.82) is 0 Å². The monoisotopic (exact) mass is 307 g/mol. The van der Waals surface area contributed by atoms with Crippen LogP contribution < -0.4 is 0 Å². The lowest BCUT2D eigenvalue weighted by molar-refractivity contribution is 0.0735. The van der Waals surface area contributed by atoms with Crippen molar-refractivity contribution in [2.24, 2.45) is 0 Å². The Labute approximate surface area is 139 Å². The average Bonchev–Trinajstić information content (AvgIpc) is 3.17. The normalized spacial score (nSPS) is 27.3. The standard InChI is InChI=1S/C21H25NO/c1-16-7-10-18(11-8-16)21-20-14-13-19(22(20)15-23-21)12-9-17-5-3-2-4-6-17/h2-8,10-11,19-21H,9,12-15H2,1H3/t19-,20+,21+/m1/s1. The van der Waals surface area contributed by atoms with Gasteiger partial charge in [-0.2, -0.15) is 0 Å². The van der Waals surface area contributed by atoms with Crippen molar-refractivity contribution in [3.63, 3.8) is 0 Å². The van der Waals surface area contributed by atoms with Crippen LogP contribution in [0.2, 0.25) is 0 Å². The minimum Gasteiger partial charge on any atom is -0.356 e. The zero-order valence-electron chi connectivity index (χ0n) is 13.8. The maximum absolute atomic E-state index is 6.15. The van der Waals surface area contributed by atoms with E-state index in [1.807, 2.05) is 0 Å². The summed E-state index contributed by atoms with van der Waals surface area (Å²) in [4.78, 5) is 2.60. The first kappa shape index (κ1) is 14.9. The van der Waals surface area contributed by atoms with Crippen molar-refractivity contribution in [2.45, 2.75) is 50.8 Å². The molecule has 0 N–H and O–H groups in total. The van der Waals surface area contributed by atoms with Crippen LogP contribution in [0.25, 0.3) is 0 Å². The van der Waals surface area contributed by atoms with Gasteiger partial charge in [0.2, 0.25) is 0 Å². The molecular formula is C21H25NO. The number of hydrogen-bond acceptors (Lipinski definition) is 2. The van der Waals surface area contributed by atoms with Crippen LogP contribution in [0.5, 0.6) is 0 Å². The summed E-state index contributed by atoms with van der Waals surface area (Å²) in [5.41, 5.74) is 4.11. The first-order valence-corrected chi connectivity index (χ1v) is 8.79. The summed E-state index contributed by atoms with van der Waals surface area (Å²) >= 11 is 0. The molecule has 120 valence electrons. The van der Waals surface area contributed by atoms with E-state index in [-0.39, 0.29) is 6.10 Å². The lowest BCUT2D eigenvalue weighted by Crippen LogP contribution is -2.33. The third-order valence-corrected chi connectivity index (χ3v) is 5.46. The third-order valence-electron chi connectivity index (χ3n) is 5.46. The Balaban J connectivity index is 1.40. The number of ether oxygens (including phenoxy) is 1. The number of fused-ring (bicyclic) bond motifs is 1. The van der Waals surface area contributed by atoms with Gasteiger partial charge in [-0.3, -0.25) is 4.90 Å². The molecule has 2 saturated heterocycles. The predicted molar refractivity (Wildman–Crippen MR) is 93.3 cm³/mol. The maximum atomic E-state index is 6.15. The van der Waals surface area contributed by atoms with Gasteiger partial charge < -0.3 is 4.74 Å². The Morgan fingerprint density at radius 3 is 2.57 bits per heavy atom. The second kappa shape index (κ2) is 6.46. The highest BCUT2D eigenvalue weighted by Crippen LogP contribution is 2.41. The summed E-state index contributed by atoms with van der Waals surface area (Å²) in [6, 6.07) is 21.0. The van der Waals surface area contributed by atoms with Gasteiger partial charge in [0, 0.05) is 12.1 Å². The largest absolute Gasteiger partial charge is 0.356 e. The van der Waals surface area contributed by atoms with Crippen molar-refractivity contribution in [3.05, 3.63) is 71.3 Å². The number of nitrogens with zero attached hydrogens (tertiary/aromatic N) is 1. The van der Waals surface area contributed by atoms with Crippen LogP contribution in [0.4, 0.5) is 0 Å². The Hall–Kier alpha value is -1.64. The number of hydrogen-bond donors (Lipinski definition) is 0. The van der Waals surface area contributed by atoms with E-state index in [0.29, 0.717) is 12.1 Å². The van der Waals surface area contributed by atoms with Gasteiger partial charge in [0.25, 0.3) is 0 Å². The molecule has 2 heterocycles. The van der Waals surface area contributed by atoms with E-state index in [0.717, 1.165) is 6.73 Å². The minimum absolute atomic E-state index is 0.261. The van der Waals surface area contributed by atoms with Gasteiger partial charge in [-0.1, -0.05) is 60.2 Å². The Kier molecular flexibility index (Phi) is 4.19. The lowest BCUT2D eigenvalue weighted by Gasteiger charge is -2.23. The van der Waals surface area contributed by atoms with E-state index in [1.165, 1.54) is 42.4 Å². The molecule has 0 aromatic heterocycles. The van der Waals surface area contributed by atoms with E-state index in [2.05, 4.69) is 66.4 Å². The zero-order valence-corrected chi connectivity index (χ0v) is 13.8. The summed E-state index contributed by atoms with van der Waals surface area (Å²) in [5, 5.41) is 0. The molecule has 2 aliphatic heterocycles. The van der Waals surface area contributed by atoms with E-state index in [4.69, 9.17) is 4.74 Å². The first-order chi connectivity index (χ1) is 11.3. The molecule has 2 aromatic carbocycles. The molecule has 2 aliphatic rings. The van der Waals surface area contributed by atoms with Crippen LogP contribution in [0.15, 0.2) is 54.6 Å². The molecule has 2 aromatic rings. The molecule has 2 nitrogen and oxygen atoms in total. The second-order valence-electron chi connectivity index (χ2n) is 6.96. The average molecular weight is 307 g/mol. The second-order valence-corrected chi connectivity index (χ2v) is 6.96. The Morgan fingerprint density at radius 1 is 1.00 bits per heavy atom. The molecule has 3 atom stereocenters. The van der Waals surface area contributed by atoms with Crippen LogP contribution in [-0.2, 0) is 11.2 Å². The fourth-order valence-corrected chi connectivity index (χ4v) is 4.13. The topological polar surface area (TPSA) is 12.5 Å². The zero-order chi connectivity index (χ0) is 15.6. The summed E-state index contributed by atoms with van der Waals surface area (Å²) in [6.07, 6.45) is 5.24. The molecule has 0 unspecified atom stereocenters. The van der Waals surface area contributed by atoms with E-state index >= 15 is 0 Å². The molecule has 0 spiro atoms. The van der Waals surface area contributed by atoms with Crippen molar-refractivity contribution in [1.82, 2.24) is 4.90 Å². The first-order valence-electron chi connectivity index (χ1n) is 8.79. The molecule has 23 heavy (non-hydrogen) atoms. The number of benzene rings is 2. The van der Waals surface area contributed by atoms with E-state index < -0.39 is 0 Å². The molecule has 4 rings (SSSR count). The van der Waals surface area contributed by atoms with Crippen LogP contribution in [-0.4, -0.2) is 23.7 Å². The highest BCUT2D eigenvalue weighted by molar-refractivity contribution is 5.25. The lowest BCUT2D eigenvalue weighted by atomic mass is 10.00. The van der Waals surface area contributed by atoms with E-state index in [1.54, 1.807) is 0 Å². The van der Waals surface area contributed by atoms with Gasteiger partial charge in [0.05, 0.1) is 6.10 Å². The van der Waals surface area contributed by atoms with Gasteiger partial charge in [-0.15, -0.1) is 0 Å². The van der Waals surface area contributed by atoms with Crippen molar-refractivity contribution >= 4 is 0 Å². The number of aryl methyl sites for hydroxylation is 2. The molecular weight excluding hydrogens is 282 g/mol. The predicted octanol–water partition coefficient (Wildman–Crippen LogP) is 4.49. The molecule has 0 aliphatic carbocycles. The number of rotatable bonds is 4. The molecule has 2 heteroatoms. The van der Waals surface area contributed by atoms with Gasteiger partial charge in [0.15, 0.2) is 0 Å². The summed E-state index contributed by atoms with van der Waals surface area (Å²) in [6.45, 7) is 2.93. The maximum Gasteiger partial charge on any atom is 0.100 e. The highest BCUT2D eigenvalue weighted by atomic mass is 16.5. The third kappa shape index (κ3) is 3.06. The molecule has 0 amide bonds. The fourth-order valence-electron chi connectivity index (χ4n) is 4.13. The molecule has 0 saturated carbocycles. The van der Waals surface area contributed by atoms with Crippen LogP contribution in [0.1, 0.15) is 42.1 Å². The Morgan fingerprint density at radius 2 is 1.78 bits per heavy atom. The molecule has 0 radical (unpaired) electrons. The van der Waals surface area contributed by atoms with Crippen molar-refractivity contribution in [2.75, 3.05) is 6.73 Å². The minimum atomic E-state index is 0.261. The van der Waals surface area contributed by atoms with Gasteiger partial charge >= 0.3 is 0 Å². The SMILES string of the molecule is Cc1ccc([C@@H]2OCN3[C@H](CCc4ccccc4)CC[C@@H]23)cc1. The van der Waals surface area contributed by atoms with Crippen LogP contribution in [0.3, 0.4) is 0 Å². The molecule has 0 bridgehead atoms. The summed E-state index contributed by atoms with van der Waals surface area (Å²) in [5.74, 6) is 0. The van der Waals surface area contributed by atoms with Gasteiger partial charge in [0.1, 0.15) is 6.73 Å². The van der Waals surface area contributed by atoms with Crippen LogP contribution in [0, 0.1) is 6.92 Å². The quantitative estimate of drug-likeness (QED) is 0.825. The summed E-state index contributed by atoms with van der Waals surface area (Å²) < 4.78 is 6.15. The fraction of sp³-hybridized carbons (Fsp3) is 0.429. The van der Waals surface area contributed by atoms with Crippen molar-refractivity contribution < 1.29 is 4.74 Å². The van der Waals surface area contributed by atoms with Gasteiger partial charge in [-0.25, -0.2) is 0 Å². The summed E-state index contributed by atoms with van der Waals surface area (Å²) in [7, 11) is 0. The van der Waals surface area contributed by atoms with Crippen molar-refractivity contribution in [3.8, 4) is 0 Å². The molecule has 2 fully saturated rings. The Bertz CT molecular complexity index is 637. The van der Waals surface area contributed by atoms with Crippen LogP contribution >= 0.6 is 0 Å². The van der Waals surface area contributed by atoms with Gasteiger partial charge in [-0.05, 0) is 43.7 Å².